The van der Waals surface area contributed by atoms with Crippen LogP contribution >= 0.6 is 0 Å². The van der Waals surface area contributed by atoms with Crippen LogP contribution in [0, 0.1) is 0 Å². The van der Waals surface area contributed by atoms with E-state index in [1.165, 1.54) is 20.2 Å². The molecule has 3 aromatic rings. The van der Waals surface area contributed by atoms with Gasteiger partial charge in [0, 0.05) is 25.3 Å². The molecule has 0 bridgehead atoms. The second kappa shape index (κ2) is 8.42. The Hall–Kier alpha value is -3.23. The van der Waals surface area contributed by atoms with Gasteiger partial charge in [-0.3, -0.25) is 9.59 Å². The minimum Gasteiger partial charge on any atom is -0.355 e. The maximum absolute atomic E-state index is 12.8. The molecule has 0 atom stereocenters. The van der Waals surface area contributed by atoms with Crippen LogP contribution in [-0.4, -0.2) is 45.2 Å². The number of likely N-dealkylation sites (N-methyl/N-ethyl adjacent to an activating group) is 1. The molecule has 0 unspecified atom stereocenters. The number of anilines is 1. The molecule has 0 saturated carbocycles. The van der Waals surface area contributed by atoms with Crippen LogP contribution < -0.4 is 10.6 Å². The smallest absolute Gasteiger partial charge is 0.251 e. The summed E-state index contributed by atoms with van der Waals surface area (Å²) in [7, 11) is -0.928. The van der Waals surface area contributed by atoms with Crippen LogP contribution in [-0.2, 0) is 14.8 Å². The third kappa shape index (κ3) is 4.61. The molecule has 2 amide bonds. The molecule has 0 aliphatic heterocycles. The van der Waals surface area contributed by atoms with Gasteiger partial charge in [0.1, 0.15) is 0 Å². The van der Waals surface area contributed by atoms with Crippen LogP contribution in [0.25, 0.3) is 10.8 Å². The lowest BCUT2D eigenvalue weighted by molar-refractivity contribution is -0.116. The van der Waals surface area contributed by atoms with Crippen molar-refractivity contribution in [3.8, 4) is 0 Å². The van der Waals surface area contributed by atoms with Gasteiger partial charge in [-0.2, -0.15) is 4.31 Å². The van der Waals surface area contributed by atoms with Crippen molar-refractivity contribution in [3.05, 3.63) is 72.3 Å². The Morgan fingerprint density at radius 1 is 0.931 bits per heavy atom. The molecule has 0 saturated heterocycles. The third-order valence-corrected chi connectivity index (χ3v) is 6.25. The van der Waals surface area contributed by atoms with Crippen LogP contribution in [0.15, 0.2) is 71.6 Å². The largest absolute Gasteiger partial charge is 0.355 e. The predicted molar refractivity (Wildman–Crippen MR) is 112 cm³/mol. The van der Waals surface area contributed by atoms with Gasteiger partial charge < -0.3 is 10.6 Å². The van der Waals surface area contributed by atoms with E-state index in [4.69, 9.17) is 0 Å². The minimum absolute atomic E-state index is 0.126. The maximum Gasteiger partial charge on any atom is 0.251 e. The van der Waals surface area contributed by atoms with Crippen molar-refractivity contribution in [1.82, 2.24) is 9.62 Å². The summed E-state index contributed by atoms with van der Waals surface area (Å²) in [6.07, 6.45) is 0. The number of hydrogen-bond acceptors (Lipinski definition) is 4. The topological polar surface area (TPSA) is 95.6 Å². The molecule has 0 aromatic heterocycles. The van der Waals surface area contributed by atoms with E-state index in [1.807, 2.05) is 24.3 Å². The summed E-state index contributed by atoms with van der Waals surface area (Å²) in [5, 5.41) is 6.89. The third-order valence-electron chi connectivity index (χ3n) is 4.45. The number of nitrogens with zero attached hydrogens (tertiary/aromatic N) is 1. The fourth-order valence-electron chi connectivity index (χ4n) is 2.84. The van der Waals surface area contributed by atoms with Gasteiger partial charge in [-0.25, -0.2) is 8.42 Å². The number of benzene rings is 3. The summed E-state index contributed by atoms with van der Waals surface area (Å²) in [5.41, 5.74) is 0.931. The zero-order valence-corrected chi connectivity index (χ0v) is 16.9. The molecule has 3 aromatic carbocycles. The van der Waals surface area contributed by atoms with Gasteiger partial charge >= 0.3 is 0 Å². The summed E-state index contributed by atoms with van der Waals surface area (Å²) in [6, 6.07) is 18.6. The number of amides is 2. The SMILES string of the molecule is CNC(=O)c1ccc(NC(=O)CN(C)S(=O)(=O)c2ccc3ccccc3c2)cc1. The monoisotopic (exact) mass is 411 g/mol. The lowest BCUT2D eigenvalue weighted by atomic mass is 10.1. The zero-order chi connectivity index (χ0) is 21.0. The van der Waals surface area contributed by atoms with Crippen molar-refractivity contribution >= 4 is 38.3 Å². The van der Waals surface area contributed by atoms with Gasteiger partial charge in [-0.05, 0) is 47.2 Å². The first-order chi connectivity index (χ1) is 13.8. The Balaban J connectivity index is 1.69. The first kappa shape index (κ1) is 20.5. The van der Waals surface area contributed by atoms with E-state index in [0.29, 0.717) is 11.3 Å². The average molecular weight is 411 g/mol. The average Bonchev–Trinajstić information content (AvgIpc) is 2.73. The lowest BCUT2D eigenvalue weighted by Crippen LogP contribution is -2.35. The molecule has 29 heavy (non-hydrogen) atoms. The van der Waals surface area contributed by atoms with Gasteiger partial charge in [-0.15, -0.1) is 0 Å². The van der Waals surface area contributed by atoms with Crippen molar-refractivity contribution in [2.45, 2.75) is 4.90 Å². The molecule has 7 nitrogen and oxygen atoms in total. The molecular weight excluding hydrogens is 390 g/mol. The Morgan fingerprint density at radius 2 is 1.59 bits per heavy atom. The fourth-order valence-corrected chi connectivity index (χ4v) is 4.01. The Morgan fingerprint density at radius 3 is 2.24 bits per heavy atom. The number of nitrogens with one attached hydrogen (secondary N) is 2. The van der Waals surface area contributed by atoms with Crippen molar-refractivity contribution in [2.24, 2.45) is 0 Å². The molecule has 0 radical (unpaired) electrons. The van der Waals surface area contributed by atoms with Crippen molar-refractivity contribution in [1.29, 1.82) is 0 Å². The van der Waals surface area contributed by atoms with Crippen LogP contribution in [0.1, 0.15) is 10.4 Å². The standard InChI is InChI=1S/C21H21N3O4S/c1-22-21(26)16-7-10-18(11-8-16)23-20(25)14-24(2)29(27,28)19-12-9-15-5-3-4-6-17(15)13-19/h3-13H,14H2,1-2H3,(H,22,26)(H,23,25). The summed E-state index contributed by atoms with van der Waals surface area (Å²) >= 11 is 0. The van der Waals surface area contributed by atoms with Gasteiger partial charge in [-0.1, -0.05) is 30.3 Å². The van der Waals surface area contributed by atoms with E-state index in [0.717, 1.165) is 15.1 Å². The van der Waals surface area contributed by atoms with E-state index in [2.05, 4.69) is 10.6 Å². The highest BCUT2D eigenvalue weighted by Gasteiger charge is 2.23. The highest BCUT2D eigenvalue weighted by atomic mass is 32.2. The van der Waals surface area contributed by atoms with Crippen LogP contribution in [0.3, 0.4) is 0 Å². The minimum atomic E-state index is -3.82. The molecule has 0 heterocycles. The predicted octanol–water partition coefficient (Wildman–Crippen LogP) is 2.46. The van der Waals surface area contributed by atoms with Crippen molar-refractivity contribution < 1.29 is 18.0 Å². The number of sulfonamides is 1. The zero-order valence-electron chi connectivity index (χ0n) is 16.0. The van der Waals surface area contributed by atoms with E-state index in [9.17, 15) is 18.0 Å². The number of carbonyl (C=O) groups excluding carboxylic acids is 2. The molecular formula is C21H21N3O4S. The molecule has 0 aliphatic carbocycles. The highest BCUT2D eigenvalue weighted by Crippen LogP contribution is 2.21. The number of hydrogen-bond donors (Lipinski definition) is 2. The molecule has 0 fully saturated rings. The van der Waals surface area contributed by atoms with Gasteiger partial charge in [0.15, 0.2) is 0 Å². The molecule has 2 N–H and O–H groups in total. The van der Waals surface area contributed by atoms with E-state index in [-0.39, 0.29) is 17.3 Å². The number of carbonyl (C=O) groups is 2. The quantitative estimate of drug-likeness (QED) is 0.651. The van der Waals surface area contributed by atoms with Gasteiger partial charge in [0.05, 0.1) is 11.4 Å². The molecule has 0 spiro atoms. The summed E-state index contributed by atoms with van der Waals surface area (Å²) < 4.78 is 26.6. The van der Waals surface area contributed by atoms with Gasteiger partial charge in [0.25, 0.3) is 5.91 Å². The normalized spacial score (nSPS) is 11.4. The van der Waals surface area contributed by atoms with Crippen LogP contribution in [0.2, 0.25) is 0 Å². The van der Waals surface area contributed by atoms with Crippen molar-refractivity contribution in [3.63, 3.8) is 0 Å². The molecule has 0 aliphatic rings. The maximum atomic E-state index is 12.8. The van der Waals surface area contributed by atoms with Crippen LogP contribution in [0.4, 0.5) is 5.69 Å². The lowest BCUT2D eigenvalue weighted by Gasteiger charge is -2.17. The fraction of sp³-hybridized carbons (Fsp3) is 0.143. The Bertz CT molecular complexity index is 1160. The van der Waals surface area contributed by atoms with E-state index < -0.39 is 15.9 Å². The Kier molecular flexibility index (Phi) is 5.95. The van der Waals surface area contributed by atoms with E-state index in [1.54, 1.807) is 36.4 Å². The summed E-state index contributed by atoms with van der Waals surface area (Å²) in [4.78, 5) is 24.0. The summed E-state index contributed by atoms with van der Waals surface area (Å²) in [6.45, 7) is -0.341. The summed E-state index contributed by atoms with van der Waals surface area (Å²) in [5.74, 6) is -0.714. The molecule has 8 heteroatoms. The first-order valence-corrected chi connectivity index (χ1v) is 10.3. The van der Waals surface area contributed by atoms with Crippen molar-refractivity contribution in [2.75, 3.05) is 26.0 Å². The van der Waals surface area contributed by atoms with E-state index >= 15 is 0 Å². The second-order valence-corrected chi connectivity index (χ2v) is 8.52. The molecule has 3 rings (SSSR count). The number of rotatable bonds is 6. The Labute approximate surface area is 169 Å². The number of fused-ring (bicyclic) bond motifs is 1. The molecule has 150 valence electrons. The van der Waals surface area contributed by atoms with Crippen LogP contribution in [0.5, 0.6) is 0 Å². The first-order valence-electron chi connectivity index (χ1n) is 8.88. The van der Waals surface area contributed by atoms with Gasteiger partial charge in [0.2, 0.25) is 15.9 Å². The highest BCUT2D eigenvalue weighted by molar-refractivity contribution is 7.89. The second-order valence-electron chi connectivity index (χ2n) is 6.47.